The fourth-order valence-corrected chi connectivity index (χ4v) is 2.34. The van der Waals surface area contributed by atoms with Gasteiger partial charge < -0.3 is 11.1 Å². The van der Waals surface area contributed by atoms with Crippen molar-refractivity contribution in [3.63, 3.8) is 0 Å². The molecule has 3 aromatic rings. The van der Waals surface area contributed by atoms with E-state index in [1.165, 1.54) is 6.92 Å². The first-order valence-electron chi connectivity index (χ1n) is 8.29. The Bertz CT molecular complexity index is 936. The molecule has 10 heteroatoms. The summed E-state index contributed by atoms with van der Waals surface area (Å²) in [5.41, 5.74) is 9.84. The number of aromatic nitrogens is 4. The molecule has 3 heterocycles. The molecule has 0 atom stereocenters. The number of pyridine rings is 1. The van der Waals surface area contributed by atoms with E-state index in [9.17, 15) is 8.78 Å². The van der Waals surface area contributed by atoms with Gasteiger partial charge in [-0.15, -0.1) is 5.10 Å². The van der Waals surface area contributed by atoms with Crippen LogP contribution in [0.3, 0.4) is 0 Å². The topological polar surface area (TPSA) is 106 Å². The Kier molecular flexibility index (Phi) is 6.69. The van der Waals surface area contributed by atoms with Crippen molar-refractivity contribution in [1.82, 2.24) is 19.6 Å². The molecule has 3 aromatic heterocycles. The molecule has 0 aromatic carbocycles. The van der Waals surface area contributed by atoms with Gasteiger partial charge in [-0.25, -0.2) is 13.3 Å². The minimum atomic E-state index is -2.12. The van der Waals surface area contributed by atoms with Crippen molar-refractivity contribution in [3.8, 4) is 11.3 Å². The van der Waals surface area contributed by atoms with Gasteiger partial charge in [-0.2, -0.15) is 15.2 Å². The van der Waals surface area contributed by atoms with E-state index in [2.05, 4.69) is 30.6 Å². The van der Waals surface area contributed by atoms with Crippen molar-refractivity contribution >= 4 is 23.0 Å². The molecule has 0 fully saturated rings. The van der Waals surface area contributed by atoms with Crippen molar-refractivity contribution in [2.24, 2.45) is 10.2 Å². The summed E-state index contributed by atoms with van der Waals surface area (Å²) in [5.74, 6) is 0.867. The van der Waals surface area contributed by atoms with Crippen LogP contribution >= 0.6 is 0 Å². The number of nitrogens with two attached hydrogens (primary N) is 1. The van der Waals surface area contributed by atoms with Crippen molar-refractivity contribution in [2.75, 3.05) is 25.1 Å². The third kappa shape index (κ3) is 4.72. The number of fused-ring (bicyclic) bond motifs is 1. The lowest BCUT2D eigenvalue weighted by Gasteiger charge is -2.07. The third-order valence-electron chi connectivity index (χ3n) is 3.61. The van der Waals surface area contributed by atoms with Gasteiger partial charge in [-0.1, -0.05) is 6.92 Å². The maximum atomic E-state index is 10.8. The zero-order chi connectivity index (χ0) is 20.0. The fraction of sp³-hybridized carbons (Fsp3) is 0.353. The third-order valence-corrected chi connectivity index (χ3v) is 3.61. The van der Waals surface area contributed by atoms with Crippen LogP contribution in [0.4, 0.5) is 26.2 Å². The lowest BCUT2D eigenvalue weighted by molar-refractivity contribution is 0.144. The number of alkyl halides is 2. The van der Waals surface area contributed by atoms with Crippen molar-refractivity contribution in [3.05, 3.63) is 30.1 Å². The number of azo groups is 1. The van der Waals surface area contributed by atoms with Gasteiger partial charge in [-0.3, -0.25) is 4.98 Å². The summed E-state index contributed by atoms with van der Waals surface area (Å²) in [4.78, 5) is 8.82. The van der Waals surface area contributed by atoms with E-state index < -0.39 is 6.43 Å². The number of nitrogens with one attached hydrogen (secondary N) is 1. The Balaban J connectivity index is 0.000000465. The molecule has 0 saturated carbocycles. The molecule has 8 nitrogen and oxygen atoms in total. The summed E-state index contributed by atoms with van der Waals surface area (Å²) in [6.45, 7) is 3.35. The van der Waals surface area contributed by atoms with E-state index in [0.717, 1.165) is 28.2 Å². The van der Waals surface area contributed by atoms with Gasteiger partial charge in [0.1, 0.15) is 11.2 Å². The lowest BCUT2D eigenvalue weighted by Crippen LogP contribution is -2.05. The Labute approximate surface area is 155 Å². The molecule has 0 spiro atoms. The van der Waals surface area contributed by atoms with E-state index in [1.807, 2.05) is 31.3 Å². The van der Waals surface area contributed by atoms with Crippen molar-refractivity contribution in [1.29, 1.82) is 0 Å². The SMILES string of the molecule is CCC(F)F.CN=Nc1ccc(-c2ccn3nc(N)nc(NC)c23)nc1C. The summed E-state index contributed by atoms with van der Waals surface area (Å²) in [6, 6.07) is 5.74. The second kappa shape index (κ2) is 8.97. The van der Waals surface area contributed by atoms with E-state index >= 15 is 0 Å². The van der Waals surface area contributed by atoms with E-state index in [1.54, 1.807) is 18.6 Å². The molecule has 3 rings (SSSR count). The highest BCUT2D eigenvalue weighted by molar-refractivity contribution is 5.87. The number of rotatable bonds is 4. The van der Waals surface area contributed by atoms with Gasteiger partial charge >= 0.3 is 0 Å². The first-order chi connectivity index (χ1) is 12.9. The predicted molar refractivity (Wildman–Crippen MR) is 102 cm³/mol. The van der Waals surface area contributed by atoms with Crippen LogP contribution in [-0.2, 0) is 0 Å². The largest absolute Gasteiger partial charge is 0.371 e. The van der Waals surface area contributed by atoms with Gasteiger partial charge in [-0.05, 0) is 25.1 Å². The molecule has 0 radical (unpaired) electrons. The van der Waals surface area contributed by atoms with E-state index in [0.29, 0.717) is 5.82 Å². The van der Waals surface area contributed by atoms with Crippen LogP contribution in [0.2, 0.25) is 0 Å². The van der Waals surface area contributed by atoms with Gasteiger partial charge in [0.05, 0.1) is 11.4 Å². The quantitative estimate of drug-likeness (QED) is 0.667. The summed E-state index contributed by atoms with van der Waals surface area (Å²) in [7, 11) is 3.43. The van der Waals surface area contributed by atoms with Crippen LogP contribution in [0, 0.1) is 6.92 Å². The predicted octanol–water partition coefficient (Wildman–Crippen LogP) is 4.10. The highest BCUT2D eigenvalue weighted by Crippen LogP contribution is 2.30. The number of aryl methyl sites for hydroxylation is 1. The van der Waals surface area contributed by atoms with Gasteiger partial charge in [0, 0.05) is 32.3 Å². The monoisotopic (exact) mass is 376 g/mol. The van der Waals surface area contributed by atoms with Crippen LogP contribution in [-0.4, -0.2) is 40.1 Å². The molecule has 0 aliphatic carbocycles. The van der Waals surface area contributed by atoms with Crippen LogP contribution in [0.15, 0.2) is 34.6 Å². The molecule has 0 bridgehead atoms. The van der Waals surface area contributed by atoms with Gasteiger partial charge in [0.25, 0.3) is 0 Å². The summed E-state index contributed by atoms with van der Waals surface area (Å²) >= 11 is 0. The molecule has 0 unspecified atom stereocenters. The molecule has 0 amide bonds. The van der Waals surface area contributed by atoms with Crippen LogP contribution in [0.5, 0.6) is 0 Å². The lowest BCUT2D eigenvalue weighted by atomic mass is 10.1. The van der Waals surface area contributed by atoms with Crippen molar-refractivity contribution < 1.29 is 8.78 Å². The minimum Gasteiger partial charge on any atom is -0.371 e. The second-order valence-electron chi connectivity index (χ2n) is 5.49. The van der Waals surface area contributed by atoms with Crippen LogP contribution in [0.25, 0.3) is 16.8 Å². The number of halogens is 2. The normalized spacial score (nSPS) is 11.1. The fourth-order valence-electron chi connectivity index (χ4n) is 2.34. The molecule has 3 N–H and O–H groups in total. The first-order valence-corrected chi connectivity index (χ1v) is 8.29. The number of hydrogen-bond acceptors (Lipinski definition) is 7. The second-order valence-corrected chi connectivity index (χ2v) is 5.49. The molecule has 144 valence electrons. The highest BCUT2D eigenvalue weighted by Gasteiger charge is 2.14. The number of anilines is 2. The number of hydrogen-bond donors (Lipinski definition) is 2. The molecule has 27 heavy (non-hydrogen) atoms. The average Bonchev–Trinajstić information content (AvgIpc) is 3.07. The Morgan fingerprint density at radius 3 is 2.52 bits per heavy atom. The number of nitrogen functional groups attached to an aromatic ring is 1. The zero-order valence-corrected chi connectivity index (χ0v) is 15.6. The highest BCUT2D eigenvalue weighted by atomic mass is 19.3. The smallest absolute Gasteiger partial charge is 0.240 e. The van der Waals surface area contributed by atoms with Gasteiger partial charge in [0.15, 0.2) is 5.82 Å². The summed E-state index contributed by atoms with van der Waals surface area (Å²) < 4.78 is 23.2. The molecular formula is C17H22F2N8. The minimum absolute atomic E-state index is 0.0278. The van der Waals surface area contributed by atoms with E-state index in [-0.39, 0.29) is 12.4 Å². The Morgan fingerprint density at radius 1 is 1.26 bits per heavy atom. The molecular weight excluding hydrogens is 354 g/mol. The van der Waals surface area contributed by atoms with Crippen LogP contribution in [0.1, 0.15) is 19.0 Å². The summed E-state index contributed by atoms with van der Waals surface area (Å²) in [5, 5.41) is 15.0. The zero-order valence-electron chi connectivity index (χ0n) is 15.6. The Morgan fingerprint density at radius 2 is 1.96 bits per heavy atom. The van der Waals surface area contributed by atoms with Crippen LogP contribution < -0.4 is 11.1 Å². The molecule has 0 aliphatic heterocycles. The summed E-state index contributed by atoms with van der Waals surface area (Å²) in [6.07, 6.45) is -0.310. The molecule has 0 aliphatic rings. The average molecular weight is 376 g/mol. The maximum absolute atomic E-state index is 10.8. The van der Waals surface area contributed by atoms with Crippen molar-refractivity contribution in [2.45, 2.75) is 26.7 Å². The molecule has 0 saturated heterocycles. The first kappa shape index (κ1) is 20.1. The Hall–Kier alpha value is -3.17. The van der Waals surface area contributed by atoms with E-state index in [4.69, 9.17) is 5.73 Å². The maximum Gasteiger partial charge on any atom is 0.240 e. The van der Waals surface area contributed by atoms with Gasteiger partial charge in [0.2, 0.25) is 12.4 Å². The number of nitrogens with zero attached hydrogens (tertiary/aromatic N) is 6. The standard InChI is InChI=1S/C14H16N8.C3H6F2/c1-8-10(20-17-3)4-5-11(18-8)9-6-7-22-12(9)13(16-2)19-14(15)21-22;1-2-3(4)5/h4-7H,1-3H3,(H3,15,16,19,21);3H,2H2,1H3.